The molecular weight excluding hydrogens is 224 g/mol. The monoisotopic (exact) mass is 256 g/mol. The highest BCUT2D eigenvalue weighted by molar-refractivity contribution is 4.96. The molecular formula is C15H32N2O. The van der Waals surface area contributed by atoms with Gasteiger partial charge in [-0.15, -0.1) is 0 Å². The van der Waals surface area contributed by atoms with Crippen molar-refractivity contribution in [2.75, 3.05) is 32.8 Å². The summed E-state index contributed by atoms with van der Waals surface area (Å²) in [7, 11) is 0. The van der Waals surface area contributed by atoms with Crippen LogP contribution in [0, 0.1) is 11.8 Å². The summed E-state index contributed by atoms with van der Waals surface area (Å²) in [5.74, 6) is 1.38. The SMILES string of the molecule is CCN(CC)CCNC1(CO)CCC(C)CC1C. The first kappa shape index (κ1) is 15.9. The molecule has 0 heterocycles. The zero-order valence-corrected chi connectivity index (χ0v) is 12.7. The van der Waals surface area contributed by atoms with Gasteiger partial charge in [0, 0.05) is 18.6 Å². The second-order valence-electron chi connectivity index (χ2n) is 6.05. The third-order valence-electron chi connectivity index (χ3n) is 4.86. The van der Waals surface area contributed by atoms with Gasteiger partial charge in [0.2, 0.25) is 0 Å². The lowest BCUT2D eigenvalue weighted by Gasteiger charge is -2.44. The average Bonchev–Trinajstić information content (AvgIpc) is 2.37. The van der Waals surface area contributed by atoms with Crippen LogP contribution < -0.4 is 5.32 Å². The van der Waals surface area contributed by atoms with Crippen molar-refractivity contribution in [2.24, 2.45) is 11.8 Å². The first-order chi connectivity index (χ1) is 8.57. The minimum atomic E-state index is -0.0281. The Labute approximate surface area is 113 Å². The van der Waals surface area contributed by atoms with Crippen molar-refractivity contribution in [2.45, 2.75) is 52.5 Å². The normalized spacial score (nSPS) is 33.0. The van der Waals surface area contributed by atoms with Crippen LogP contribution in [0.25, 0.3) is 0 Å². The Hall–Kier alpha value is -0.120. The highest BCUT2D eigenvalue weighted by atomic mass is 16.3. The molecule has 0 spiro atoms. The molecule has 3 heteroatoms. The van der Waals surface area contributed by atoms with E-state index in [0.29, 0.717) is 5.92 Å². The van der Waals surface area contributed by atoms with Crippen molar-refractivity contribution in [3.05, 3.63) is 0 Å². The van der Waals surface area contributed by atoms with Crippen LogP contribution in [-0.2, 0) is 0 Å². The van der Waals surface area contributed by atoms with Crippen LogP contribution in [0.4, 0.5) is 0 Å². The summed E-state index contributed by atoms with van der Waals surface area (Å²) in [6, 6.07) is 0. The number of hydrogen-bond donors (Lipinski definition) is 2. The first-order valence-corrected chi connectivity index (χ1v) is 7.66. The largest absolute Gasteiger partial charge is 0.394 e. The smallest absolute Gasteiger partial charge is 0.0615 e. The van der Waals surface area contributed by atoms with E-state index < -0.39 is 0 Å². The van der Waals surface area contributed by atoms with E-state index in [2.05, 4.69) is 37.9 Å². The average molecular weight is 256 g/mol. The van der Waals surface area contributed by atoms with E-state index in [0.717, 1.165) is 38.5 Å². The van der Waals surface area contributed by atoms with Gasteiger partial charge in [0.1, 0.15) is 0 Å². The molecule has 0 aliphatic heterocycles. The van der Waals surface area contributed by atoms with E-state index in [4.69, 9.17) is 0 Å². The van der Waals surface area contributed by atoms with Crippen molar-refractivity contribution >= 4 is 0 Å². The quantitative estimate of drug-likeness (QED) is 0.732. The topological polar surface area (TPSA) is 35.5 Å². The summed E-state index contributed by atoms with van der Waals surface area (Å²) in [5, 5.41) is 13.5. The molecule has 108 valence electrons. The van der Waals surface area contributed by atoms with Crippen molar-refractivity contribution in [1.82, 2.24) is 10.2 Å². The fourth-order valence-electron chi connectivity index (χ4n) is 3.25. The summed E-state index contributed by atoms with van der Waals surface area (Å²) in [4.78, 5) is 2.42. The van der Waals surface area contributed by atoms with Crippen LogP contribution in [0.3, 0.4) is 0 Å². The standard InChI is InChI=1S/C15H32N2O/c1-5-17(6-2)10-9-16-15(12-18)8-7-13(3)11-14(15)4/h13-14,16,18H,5-12H2,1-4H3. The molecule has 1 aliphatic rings. The summed E-state index contributed by atoms with van der Waals surface area (Å²) in [6.07, 6.45) is 3.59. The van der Waals surface area contributed by atoms with Crippen LogP contribution in [0.5, 0.6) is 0 Å². The van der Waals surface area contributed by atoms with Crippen LogP contribution in [0.15, 0.2) is 0 Å². The van der Waals surface area contributed by atoms with Crippen molar-refractivity contribution < 1.29 is 5.11 Å². The molecule has 0 aromatic heterocycles. The van der Waals surface area contributed by atoms with E-state index in [9.17, 15) is 5.11 Å². The number of likely N-dealkylation sites (N-methyl/N-ethyl adjacent to an activating group) is 1. The molecule has 0 radical (unpaired) electrons. The van der Waals surface area contributed by atoms with Crippen molar-refractivity contribution in [3.63, 3.8) is 0 Å². The molecule has 1 fully saturated rings. The van der Waals surface area contributed by atoms with E-state index in [-0.39, 0.29) is 12.1 Å². The Kier molecular flexibility index (Phi) is 6.61. The molecule has 2 N–H and O–H groups in total. The molecule has 0 aromatic carbocycles. The zero-order valence-electron chi connectivity index (χ0n) is 12.7. The Balaban J connectivity index is 2.45. The van der Waals surface area contributed by atoms with Gasteiger partial charge in [0.05, 0.1) is 6.61 Å². The summed E-state index contributed by atoms with van der Waals surface area (Å²) < 4.78 is 0. The second-order valence-corrected chi connectivity index (χ2v) is 6.05. The molecule has 0 saturated heterocycles. The van der Waals surface area contributed by atoms with Gasteiger partial charge in [0.15, 0.2) is 0 Å². The van der Waals surface area contributed by atoms with Crippen LogP contribution in [0.1, 0.15) is 47.0 Å². The third kappa shape index (κ3) is 3.94. The maximum absolute atomic E-state index is 9.80. The lowest BCUT2D eigenvalue weighted by Crippen LogP contribution is -2.57. The van der Waals surface area contributed by atoms with Crippen LogP contribution >= 0.6 is 0 Å². The highest BCUT2D eigenvalue weighted by Gasteiger charge is 2.39. The Bertz CT molecular complexity index is 231. The van der Waals surface area contributed by atoms with Crippen LogP contribution in [-0.4, -0.2) is 48.3 Å². The Morgan fingerprint density at radius 3 is 2.44 bits per heavy atom. The third-order valence-corrected chi connectivity index (χ3v) is 4.86. The van der Waals surface area contributed by atoms with Gasteiger partial charge in [-0.3, -0.25) is 0 Å². The van der Waals surface area contributed by atoms with Crippen LogP contribution in [0.2, 0.25) is 0 Å². The molecule has 0 aromatic rings. The minimum Gasteiger partial charge on any atom is -0.394 e. The van der Waals surface area contributed by atoms with E-state index in [1.54, 1.807) is 0 Å². The number of hydrogen-bond acceptors (Lipinski definition) is 3. The maximum Gasteiger partial charge on any atom is 0.0615 e. The fourth-order valence-corrected chi connectivity index (χ4v) is 3.25. The molecule has 3 unspecified atom stereocenters. The van der Waals surface area contributed by atoms with Gasteiger partial charge in [-0.2, -0.15) is 0 Å². The number of aliphatic hydroxyl groups excluding tert-OH is 1. The predicted molar refractivity (Wildman–Crippen MR) is 77.8 cm³/mol. The van der Waals surface area contributed by atoms with Gasteiger partial charge in [-0.25, -0.2) is 0 Å². The molecule has 1 rings (SSSR count). The summed E-state index contributed by atoms with van der Waals surface area (Å²) in [6.45, 7) is 13.6. The fraction of sp³-hybridized carbons (Fsp3) is 1.00. The lowest BCUT2D eigenvalue weighted by molar-refractivity contribution is 0.0555. The molecule has 0 amide bonds. The second kappa shape index (κ2) is 7.46. The summed E-state index contributed by atoms with van der Waals surface area (Å²) in [5.41, 5.74) is -0.0281. The van der Waals surface area contributed by atoms with Gasteiger partial charge < -0.3 is 15.3 Å². The number of nitrogens with zero attached hydrogens (tertiary/aromatic N) is 1. The molecule has 1 saturated carbocycles. The lowest BCUT2D eigenvalue weighted by atomic mass is 9.70. The molecule has 3 atom stereocenters. The maximum atomic E-state index is 9.80. The highest BCUT2D eigenvalue weighted by Crippen LogP contribution is 2.36. The molecule has 3 nitrogen and oxygen atoms in total. The summed E-state index contributed by atoms with van der Waals surface area (Å²) >= 11 is 0. The molecule has 18 heavy (non-hydrogen) atoms. The number of rotatable bonds is 7. The minimum absolute atomic E-state index is 0.0281. The predicted octanol–water partition coefficient (Wildman–Crippen LogP) is 2.10. The van der Waals surface area contributed by atoms with Gasteiger partial charge >= 0.3 is 0 Å². The van der Waals surface area contributed by atoms with Gasteiger partial charge in [-0.1, -0.05) is 27.7 Å². The van der Waals surface area contributed by atoms with E-state index in [1.807, 2.05) is 0 Å². The van der Waals surface area contributed by atoms with E-state index >= 15 is 0 Å². The Morgan fingerprint density at radius 1 is 1.28 bits per heavy atom. The van der Waals surface area contributed by atoms with Crippen molar-refractivity contribution in [1.29, 1.82) is 0 Å². The van der Waals surface area contributed by atoms with Gasteiger partial charge in [-0.05, 0) is 44.2 Å². The van der Waals surface area contributed by atoms with Gasteiger partial charge in [0.25, 0.3) is 0 Å². The number of nitrogens with one attached hydrogen (secondary N) is 1. The zero-order chi connectivity index (χ0) is 13.6. The van der Waals surface area contributed by atoms with E-state index in [1.165, 1.54) is 12.8 Å². The number of aliphatic hydroxyl groups is 1. The molecule has 1 aliphatic carbocycles. The first-order valence-electron chi connectivity index (χ1n) is 7.66. The van der Waals surface area contributed by atoms with Crippen molar-refractivity contribution in [3.8, 4) is 0 Å². The Morgan fingerprint density at radius 2 is 1.94 bits per heavy atom. The molecule has 0 bridgehead atoms.